The van der Waals surface area contributed by atoms with E-state index in [-0.39, 0.29) is 5.57 Å². The van der Waals surface area contributed by atoms with Gasteiger partial charge in [0.2, 0.25) is 0 Å². The molecule has 5 nitrogen and oxygen atoms in total. The maximum atomic E-state index is 12.4. The first-order valence-electron chi connectivity index (χ1n) is 7.51. The van der Waals surface area contributed by atoms with E-state index in [0.717, 1.165) is 4.90 Å². The smallest absolute Gasteiger partial charge is 0.266 e. The van der Waals surface area contributed by atoms with Crippen molar-refractivity contribution in [2.45, 2.75) is 4.90 Å². The highest BCUT2D eigenvalue weighted by atomic mass is 35.5. The Morgan fingerprint density at radius 1 is 1.19 bits per heavy atom. The van der Waals surface area contributed by atoms with Crippen molar-refractivity contribution >= 4 is 41.0 Å². The number of rotatable bonds is 6. The van der Waals surface area contributed by atoms with E-state index in [1.165, 1.54) is 13.2 Å². The summed E-state index contributed by atoms with van der Waals surface area (Å²) >= 11 is 7.60. The normalized spacial score (nSPS) is 10.8. The van der Waals surface area contributed by atoms with E-state index >= 15 is 0 Å². The molecule has 1 amide bonds. The number of ether oxygens (including phenoxy) is 2. The molecule has 134 valence electrons. The Hall–Kier alpha value is -2.62. The molecule has 0 radical (unpaired) electrons. The lowest BCUT2D eigenvalue weighted by Gasteiger charge is -2.09. The molecular weight excluding hydrogens is 372 g/mol. The Morgan fingerprint density at radius 3 is 2.50 bits per heavy atom. The summed E-state index contributed by atoms with van der Waals surface area (Å²) in [6, 6.07) is 12.2. The second-order valence-electron chi connectivity index (χ2n) is 5.09. The third kappa shape index (κ3) is 4.72. The lowest BCUT2D eigenvalue weighted by Crippen LogP contribution is -2.13. The standard InChI is InChI=1S/C19H17ClN2O3S/c1-24-16-6-5-14(10-15(16)20)22-19(23)13(11-21)8-12-4-7-18(26-3)17(9-12)25-2/h4-10H,1-3H3,(H,22,23)/b13-8-. The maximum Gasteiger partial charge on any atom is 0.266 e. The van der Waals surface area contributed by atoms with Crippen molar-refractivity contribution in [2.75, 3.05) is 25.8 Å². The molecule has 0 aliphatic rings. The minimum Gasteiger partial charge on any atom is -0.496 e. The fraction of sp³-hybridized carbons (Fsp3) is 0.158. The van der Waals surface area contributed by atoms with Crippen LogP contribution in [0.15, 0.2) is 46.9 Å². The number of hydrogen-bond donors (Lipinski definition) is 1. The molecule has 0 atom stereocenters. The van der Waals surface area contributed by atoms with Crippen molar-refractivity contribution in [3.05, 3.63) is 52.6 Å². The van der Waals surface area contributed by atoms with Crippen LogP contribution in [-0.2, 0) is 4.79 Å². The lowest BCUT2D eigenvalue weighted by atomic mass is 10.1. The third-order valence-corrected chi connectivity index (χ3v) is 4.57. The first-order chi connectivity index (χ1) is 12.5. The van der Waals surface area contributed by atoms with Crippen LogP contribution in [0.1, 0.15) is 5.56 Å². The second-order valence-corrected chi connectivity index (χ2v) is 6.34. The summed E-state index contributed by atoms with van der Waals surface area (Å²) in [4.78, 5) is 13.4. The van der Waals surface area contributed by atoms with Crippen LogP contribution >= 0.6 is 23.4 Å². The molecule has 26 heavy (non-hydrogen) atoms. The highest BCUT2D eigenvalue weighted by Crippen LogP contribution is 2.30. The van der Waals surface area contributed by atoms with Crippen LogP contribution < -0.4 is 14.8 Å². The number of hydrogen-bond acceptors (Lipinski definition) is 5. The number of nitrogens with zero attached hydrogens (tertiary/aromatic N) is 1. The van der Waals surface area contributed by atoms with Crippen LogP contribution in [0.2, 0.25) is 5.02 Å². The van der Waals surface area contributed by atoms with Crippen LogP contribution in [0.4, 0.5) is 5.69 Å². The van der Waals surface area contributed by atoms with E-state index in [0.29, 0.717) is 27.8 Å². The number of methoxy groups -OCH3 is 2. The Balaban J connectivity index is 2.24. The molecule has 2 aromatic carbocycles. The van der Waals surface area contributed by atoms with Gasteiger partial charge in [-0.25, -0.2) is 0 Å². The molecule has 2 rings (SSSR count). The number of nitrogens with one attached hydrogen (secondary N) is 1. The van der Waals surface area contributed by atoms with E-state index in [1.54, 1.807) is 43.1 Å². The summed E-state index contributed by atoms with van der Waals surface area (Å²) in [5, 5.41) is 12.4. The number of anilines is 1. The van der Waals surface area contributed by atoms with Gasteiger partial charge >= 0.3 is 0 Å². The highest BCUT2D eigenvalue weighted by Gasteiger charge is 2.12. The average molecular weight is 389 g/mol. The van der Waals surface area contributed by atoms with Crippen LogP contribution in [0, 0.1) is 11.3 Å². The Morgan fingerprint density at radius 2 is 1.92 bits per heavy atom. The molecule has 0 aliphatic heterocycles. The van der Waals surface area contributed by atoms with Gasteiger partial charge in [-0.2, -0.15) is 5.26 Å². The van der Waals surface area contributed by atoms with Crippen LogP contribution in [0.5, 0.6) is 11.5 Å². The van der Waals surface area contributed by atoms with E-state index in [2.05, 4.69) is 5.32 Å². The fourth-order valence-electron chi connectivity index (χ4n) is 2.20. The topological polar surface area (TPSA) is 71.3 Å². The van der Waals surface area contributed by atoms with Crippen molar-refractivity contribution < 1.29 is 14.3 Å². The van der Waals surface area contributed by atoms with Gasteiger partial charge in [0, 0.05) is 10.6 Å². The second kappa shape index (κ2) is 9.18. The average Bonchev–Trinajstić information content (AvgIpc) is 2.65. The zero-order valence-corrected chi connectivity index (χ0v) is 16.1. The van der Waals surface area contributed by atoms with Crippen molar-refractivity contribution in [3.63, 3.8) is 0 Å². The quantitative estimate of drug-likeness (QED) is 0.444. The van der Waals surface area contributed by atoms with Gasteiger partial charge in [-0.15, -0.1) is 11.8 Å². The molecule has 0 aliphatic carbocycles. The van der Waals surface area contributed by atoms with Gasteiger partial charge in [0.1, 0.15) is 23.1 Å². The predicted octanol–water partition coefficient (Wildman–Crippen LogP) is 4.62. The summed E-state index contributed by atoms with van der Waals surface area (Å²) in [6.45, 7) is 0. The van der Waals surface area contributed by atoms with E-state index in [1.807, 2.05) is 24.5 Å². The minimum atomic E-state index is -0.526. The highest BCUT2D eigenvalue weighted by molar-refractivity contribution is 7.98. The van der Waals surface area contributed by atoms with Gasteiger partial charge in [0.25, 0.3) is 5.91 Å². The van der Waals surface area contributed by atoms with Gasteiger partial charge < -0.3 is 14.8 Å². The molecule has 0 spiro atoms. The molecule has 0 heterocycles. The van der Waals surface area contributed by atoms with Crippen molar-refractivity contribution in [3.8, 4) is 17.6 Å². The maximum absolute atomic E-state index is 12.4. The lowest BCUT2D eigenvalue weighted by molar-refractivity contribution is -0.112. The Labute approximate surface area is 161 Å². The molecular formula is C19H17ClN2O3S. The summed E-state index contributed by atoms with van der Waals surface area (Å²) in [7, 11) is 3.08. The van der Waals surface area contributed by atoms with Gasteiger partial charge in [-0.05, 0) is 48.2 Å². The zero-order chi connectivity index (χ0) is 19.1. The number of carbonyl (C=O) groups is 1. The first-order valence-corrected chi connectivity index (χ1v) is 9.11. The molecule has 0 unspecified atom stereocenters. The Kier molecular flexibility index (Phi) is 6.96. The van der Waals surface area contributed by atoms with Gasteiger partial charge in [0.15, 0.2) is 0 Å². The first kappa shape index (κ1) is 19.7. The summed E-state index contributed by atoms with van der Waals surface area (Å²) in [6.07, 6.45) is 3.45. The van der Waals surface area contributed by atoms with Crippen molar-refractivity contribution in [1.82, 2.24) is 0 Å². The molecule has 0 aromatic heterocycles. The van der Waals surface area contributed by atoms with Crippen LogP contribution in [0.25, 0.3) is 6.08 Å². The number of nitriles is 1. The number of carbonyl (C=O) groups excluding carboxylic acids is 1. The molecule has 1 N–H and O–H groups in total. The third-order valence-electron chi connectivity index (χ3n) is 3.49. The largest absolute Gasteiger partial charge is 0.496 e. The molecule has 0 fully saturated rings. The van der Waals surface area contributed by atoms with Crippen molar-refractivity contribution in [1.29, 1.82) is 5.26 Å². The van der Waals surface area contributed by atoms with Gasteiger partial charge in [-0.1, -0.05) is 17.7 Å². The summed E-state index contributed by atoms with van der Waals surface area (Å²) in [5.74, 6) is 0.661. The Bertz CT molecular complexity index is 891. The molecule has 2 aromatic rings. The van der Waals surface area contributed by atoms with E-state index in [4.69, 9.17) is 21.1 Å². The SMILES string of the molecule is COc1ccc(NC(=O)/C(C#N)=C\c2ccc(SC)c(OC)c2)cc1Cl. The van der Waals surface area contributed by atoms with Crippen LogP contribution in [0.3, 0.4) is 0 Å². The molecule has 0 saturated carbocycles. The van der Waals surface area contributed by atoms with E-state index in [9.17, 15) is 10.1 Å². The van der Waals surface area contributed by atoms with Gasteiger partial charge in [-0.3, -0.25) is 4.79 Å². The van der Waals surface area contributed by atoms with E-state index < -0.39 is 5.91 Å². The monoisotopic (exact) mass is 388 g/mol. The number of benzene rings is 2. The minimum absolute atomic E-state index is 0.0316. The number of halogens is 1. The fourth-order valence-corrected chi connectivity index (χ4v) is 3.01. The van der Waals surface area contributed by atoms with Gasteiger partial charge in [0.05, 0.1) is 19.2 Å². The molecule has 0 saturated heterocycles. The number of amides is 1. The predicted molar refractivity (Wildman–Crippen MR) is 105 cm³/mol. The summed E-state index contributed by atoms with van der Waals surface area (Å²) in [5.41, 5.74) is 1.13. The molecule has 0 bridgehead atoms. The number of thioether (sulfide) groups is 1. The van der Waals surface area contributed by atoms with Crippen LogP contribution in [-0.4, -0.2) is 26.4 Å². The summed E-state index contributed by atoms with van der Waals surface area (Å²) < 4.78 is 10.4. The zero-order valence-electron chi connectivity index (χ0n) is 14.5. The van der Waals surface area contributed by atoms with Crippen molar-refractivity contribution in [2.24, 2.45) is 0 Å². The molecule has 7 heteroatoms.